The molecule has 56 valence electrons. The van der Waals surface area contributed by atoms with E-state index in [1.54, 1.807) is 0 Å². The number of rotatable bonds is 0. The minimum absolute atomic E-state index is 0.755. The van der Waals surface area contributed by atoms with Crippen molar-refractivity contribution in [1.82, 2.24) is 4.73 Å². The van der Waals surface area contributed by atoms with Gasteiger partial charge in [0.2, 0.25) is 0 Å². The molecule has 0 radical (unpaired) electrons. The second-order valence-electron chi connectivity index (χ2n) is 2.64. The molecule has 0 spiro atoms. The van der Waals surface area contributed by atoms with E-state index >= 15 is 0 Å². The quantitative estimate of drug-likeness (QED) is 0.560. The average molecular weight is 146 g/mol. The topological polar surface area (TPSA) is 28.0 Å². The molecule has 2 aromatic rings. The van der Waals surface area contributed by atoms with Crippen LogP contribution in [0.15, 0.2) is 30.3 Å². The lowest BCUT2D eigenvalue weighted by Crippen LogP contribution is -1.85. The van der Waals surface area contributed by atoms with Gasteiger partial charge in [-0.3, -0.25) is 0 Å². The summed E-state index contributed by atoms with van der Waals surface area (Å²) in [6.07, 6.45) is 0. The number of aryl methyl sites for hydroxylation is 1. The number of fused-ring (bicyclic) bond motifs is 1. The van der Waals surface area contributed by atoms with Gasteiger partial charge >= 0.3 is 0 Å². The van der Waals surface area contributed by atoms with E-state index in [4.69, 9.17) is 0 Å². The van der Waals surface area contributed by atoms with Gasteiger partial charge in [-0.05, 0) is 24.4 Å². The summed E-state index contributed by atoms with van der Waals surface area (Å²) in [5.41, 5.74) is 1.51. The van der Waals surface area contributed by atoms with Crippen LogP contribution in [0.2, 0.25) is 0 Å². The van der Waals surface area contributed by atoms with Gasteiger partial charge in [0, 0.05) is 11.2 Å². The molecule has 0 atom stereocenters. The van der Waals surface area contributed by atoms with E-state index in [9.17, 15) is 5.21 Å². The van der Waals surface area contributed by atoms with E-state index in [0.29, 0.717) is 0 Å². The van der Waals surface area contributed by atoms with Crippen LogP contribution in [0.3, 0.4) is 0 Å². The number of hydrogen-bond donors (Lipinski definition) is 0. The number of benzene rings is 1. The third-order valence-corrected chi connectivity index (χ3v) is 1.84. The first-order chi connectivity index (χ1) is 5.29. The van der Waals surface area contributed by atoms with Gasteiger partial charge in [0.05, 0.1) is 0 Å². The summed E-state index contributed by atoms with van der Waals surface area (Å²) in [6.45, 7) is 1.81. The molecule has 1 aromatic carbocycles. The van der Waals surface area contributed by atoms with Gasteiger partial charge in [-0.25, -0.2) is 0 Å². The monoisotopic (exact) mass is 146 g/mol. The van der Waals surface area contributed by atoms with Crippen molar-refractivity contribution in [3.05, 3.63) is 41.2 Å². The Morgan fingerprint density at radius 1 is 1.27 bits per heavy atom. The fourth-order valence-electron chi connectivity index (χ4n) is 1.27. The first-order valence-corrected chi connectivity index (χ1v) is 3.53. The number of hydrogen-bond acceptors (Lipinski definition) is 1. The van der Waals surface area contributed by atoms with Crippen LogP contribution in [0.4, 0.5) is 0 Å². The maximum absolute atomic E-state index is 11.2. The minimum atomic E-state index is 0.755. The molecule has 1 aromatic heterocycles. The largest absolute Gasteiger partial charge is 0.805 e. The number of nitrogens with zero attached hydrogens (tertiary/aromatic N) is 1. The maximum Gasteiger partial charge on any atom is 0.0435 e. The molecule has 2 nitrogen and oxygen atoms in total. The molecule has 0 aliphatic carbocycles. The second kappa shape index (κ2) is 2.02. The van der Waals surface area contributed by atoms with E-state index in [1.165, 1.54) is 0 Å². The summed E-state index contributed by atoms with van der Waals surface area (Å²) in [6, 6.07) is 9.46. The molecule has 0 N–H and O–H groups in total. The van der Waals surface area contributed by atoms with Crippen LogP contribution in [0.25, 0.3) is 10.9 Å². The summed E-state index contributed by atoms with van der Waals surface area (Å²) >= 11 is 0. The van der Waals surface area contributed by atoms with Gasteiger partial charge in [-0.15, -0.1) is 0 Å². The molecule has 0 saturated carbocycles. The Balaban J connectivity index is 2.92. The van der Waals surface area contributed by atoms with Gasteiger partial charge in [-0.2, -0.15) is 0 Å². The highest BCUT2D eigenvalue weighted by Crippen LogP contribution is 2.17. The number of aromatic nitrogens is 1. The Kier molecular flexibility index (Phi) is 1.15. The van der Waals surface area contributed by atoms with Crippen molar-refractivity contribution in [2.24, 2.45) is 0 Å². The van der Waals surface area contributed by atoms with E-state index in [1.807, 2.05) is 37.3 Å². The average Bonchev–Trinajstić information content (AvgIpc) is 2.30. The molecule has 0 unspecified atom stereocenters. The Morgan fingerprint density at radius 3 is 2.73 bits per heavy atom. The van der Waals surface area contributed by atoms with Crippen LogP contribution in [-0.2, 0) is 0 Å². The van der Waals surface area contributed by atoms with Gasteiger partial charge in [0.1, 0.15) is 0 Å². The maximum atomic E-state index is 11.2. The van der Waals surface area contributed by atoms with Crippen molar-refractivity contribution in [3.8, 4) is 0 Å². The molecule has 0 bridgehead atoms. The molecule has 0 saturated heterocycles. The van der Waals surface area contributed by atoms with Crippen LogP contribution in [0, 0.1) is 12.1 Å². The summed E-state index contributed by atoms with van der Waals surface area (Å²) in [5.74, 6) is 0. The fraction of sp³-hybridized carbons (Fsp3) is 0.111. The van der Waals surface area contributed by atoms with Crippen molar-refractivity contribution >= 4 is 10.9 Å². The van der Waals surface area contributed by atoms with Crippen molar-refractivity contribution in [2.75, 3.05) is 0 Å². The summed E-state index contributed by atoms with van der Waals surface area (Å²) in [7, 11) is 0. The predicted octanol–water partition coefficient (Wildman–Crippen LogP) is 2.30. The minimum Gasteiger partial charge on any atom is -0.805 e. The van der Waals surface area contributed by atoms with Gasteiger partial charge in [0.25, 0.3) is 0 Å². The molecular formula is C9H8NO-. The Morgan fingerprint density at radius 2 is 2.00 bits per heavy atom. The highest BCUT2D eigenvalue weighted by Gasteiger charge is 1.95. The van der Waals surface area contributed by atoms with Crippen LogP contribution < -0.4 is 0 Å². The highest BCUT2D eigenvalue weighted by atomic mass is 16.5. The molecule has 0 fully saturated rings. The van der Waals surface area contributed by atoms with Crippen LogP contribution in [0.5, 0.6) is 0 Å². The predicted molar refractivity (Wildman–Crippen MR) is 45.4 cm³/mol. The van der Waals surface area contributed by atoms with Crippen molar-refractivity contribution in [1.29, 1.82) is 0 Å². The molecule has 2 heteroatoms. The fourth-order valence-corrected chi connectivity index (χ4v) is 1.27. The lowest BCUT2D eigenvalue weighted by atomic mass is 10.2. The third-order valence-electron chi connectivity index (χ3n) is 1.84. The lowest BCUT2D eigenvalue weighted by molar-refractivity contribution is 1.07. The Hall–Kier alpha value is -1.44. The summed E-state index contributed by atoms with van der Waals surface area (Å²) in [5, 5.41) is 12.3. The molecule has 0 aliphatic heterocycles. The highest BCUT2D eigenvalue weighted by molar-refractivity contribution is 5.81. The van der Waals surface area contributed by atoms with Crippen molar-refractivity contribution in [3.63, 3.8) is 0 Å². The molecule has 0 amide bonds. The van der Waals surface area contributed by atoms with E-state index < -0.39 is 0 Å². The normalized spacial score (nSPS) is 10.6. The summed E-state index contributed by atoms with van der Waals surface area (Å²) in [4.78, 5) is 0. The zero-order valence-corrected chi connectivity index (χ0v) is 6.24. The standard InChI is InChI=1S/C9H8NO/c1-7-6-8-4-2-3-5-9(8)10(7)11/h2-6H,1H3/q-1. The molecule has 1 heterocycles. The van der Waals surface area contributed by atoms with Gasteiger partial charge in [-0.1, -0.05) is 18.2 Å². The first-order valence-electron chi connectivity index (χ1n) is 3.53. The van der Waals surface area contributed by atoms with E-state index in [-0.39, 0.29) is 0 Å². The molecule has 2 rings (SSSR count). The smallest absolute Gasteiger partial charge is 0.0435 e. The van der Waals surface area contributed by atoms with E-state index in [2.05, 4.69) is 0 Å². The molecule has 0 aliphatic rings. The third kappa shape index (κ3) is 0.792. The Bertz CT molecular complexity index is 389. The molecule has 11 heavy (non-hydrogen) atoms. The SMILES string of the molecule is Cc1cc2ccccc2n1[O-]. The first kappa shape index (κ1) is 6.28. The molecular weight excluding hydrogens is 138 g/mol. The summed E-state index contributed by atoms with van der Waals surface area (Å²) < 4.78 is 0.954. The Labute approximate surface area is 64.6 Å². The second-order valence-corrected chi connectivity index (χ2v) is 2.64. The van der Waals surface area contributed by atoms with Crippen LogP contribution >= 0.6 is 0 Å². The van der Waals surface area contributed by atoms with Gasteiger partial charge < -0.3 is 9.94 Å². The number of para-hydroxylation sites is 1. The van der Waals surface area contributed by atoms with Crippen LogP contribution in [-0.4, -0.2) is 4.73 Å². The van der Waals surface area contributed by atoms with Crippen molar-refractivity contribution in [2.45, 2.75) is 6.92 Å². The van der Waals surface area contributed by atoms with E-state index in [0.717, 1.165) is 21.3 Å². The zero-order chi connectivity index (χ0) is 7.84. The van der Waals surface area contributed by atoms with Crippen molar-refractivity contribution < 1.29 is 0 Å². The van der Waals surface area contributed by atoms with Crippen LogP contribution in [0.1, 0.15) is 5.69 Å². The van der Waals surface area contributed by atoms with Gasteiger partial charge in [0.15, 0.2) is 0 Å². The lowest BCUT2D eigenvalue weighted by Gasteiger charge is -2.10. The zero-order valence-electron chi connectivity index (χ0n) is 6.24.